The molecule has 0 saturated carbocycles. The number of benzene rings is 2. The number of aromatic nitrogens is 2. The van der Waals surface area contributed by atoms with Gasteiger partial charge in [0.25, 0.3) is 0 Å². The van der Waals surface area contributed by atoms with E-state index in [0.29, 0.717) is 52.9 Å². The number of H-pyrrole nitrogens is 1. The van der Waals surface area contributed by atoms with Gasteiger partial charge in [0.05, 0.1) is 36.8 Å². The van der Waals surface area contributed by atoms with Crippen molar-refractivity contribution in [2.45, 2.75) is 37.8 Å². The van der Waals surface area contributed by atoms with E-state index < -0.39 is 6.09 Å². The predicted molar refractivity (Wildman–Crippen MR) is 148 cm³/mol. The molecular formula is C28H29ClN6O4. The van der Waals surface area contributed by atoms with Crippen molar-refractivity contribution in [1.29, 1.82) is 0 Å². The summed E-state index contributed by atoms with van der Waals surface area (Å²) in [6.07, 6.45) is 7.09. The van der Waals surface area contributed by atoms with Gasteiger partial charge in [0.15, 0.2) is 0 Å². The molecule has 11 heteroatoms. The van der Waals surface area contributed by atoms with Gasteiger partial charge in [-0.1, -0.05) is 35.9 Å². The van der Waals surface area contributed by atoms with Crippen molar-refractivity contribution in [3.63, 3.8) is 0 Å². The lowest BCUT2D eigenvalue weighted by molar-refractivity contribution is -0.116. The molecule has 3 aromatic rings. The number of carbonyl (C=O) groups is 3. The first-order valence-corrected chi connectivity index (χ1v) is 13.1. The maximum Gasteiger partial charge on any atom is 0.411 e. The van der Waals surface area contributed by atoms with E-state index in [9.17, 15) is 14.4 Å². The monoisotopic (exact) mass is 548 g/mol. The van der Waals surface area contributed by atoms with E-state index in [1.807, 2.05) is 36.4 Å². The Morgan fingerprint density at radius 3 is 2.85 bits per heavy atom. The number of aromatic amines is 1. The number of carbonyl (C=O) groups excluding carboxylic acids is 3. The quantitative estimate of drug-likeness (QED) is 0.308. The molecule has 2 aliphatic rings. The number of methoxy groups -OCH3 is 1. The number of amides is 4. The minimum atomic E-state index is -0.611. The highest BCUT2D eigenvalue weighted by Crippen LogP contribution is 2.34. The van der Waals surface area contributed by atoms with Gasteiger partial charge in [0, 0.05) is 29.2 Å². The van der Waals surface area contributed by atoms with Gasteiger partial charge in [-0.25, -0.2) is 14.6 Å². The van der Waals surface area contributed by atoms with Crippen LogP contribution >= 0.6 is 11.6 Å². The molecule has 1 fully saturated rings. The molecule has 2 atom stereocenters. The number of imidazole rings is 1. The minimum Gasteiger partial charge on any atom is -0.453 e. The van der Waals surface area contributed by atoms with Crippen LogP contribution in [0.3, 0.4) is 0 Å². The first kappa shape index (κ1) is 26.3. The third kappa shape index (κ3) is 6.06. The average molecular weight is 549 g/mol. The van der Waals surface area contributed by atoms with Crippen LogP contribution in [0.25, 0.3) is 11.3 Å². The maximum absolute atomic E-state index is 13.3. The third-order valence-corrected chi connectivity index (χ3v) is 7.07. The number of hydrogen-bond donors (Lipinski definition) is 4. The van der Waals surface area contributed by atoms with E-state index in [1.54, 1.807) is 29.3 Å². The Morgan fingerprint density at radius 1 is 1.18 bits per heavy atom. The standard InChI is InChI=1S/C28H29ClN6O4/c1-39-28(38)31-19-10-11-20-22(15-19)32-25(36)9-4-2-3-8-24(26-30-16-23(20)33-26)35-13-12-21(34-27(35)37)17-6-5-7-18(29)14-17/h2-3,5-7,10-11,14-16,21,24H,4,8-9,12-13H2,1H3,(H,30,33)(H,31,38)(H,32,36)(H,34,37)/b3-2+/t21?,24-/m0/s1. The van der Waals surface area contributed by atoms with E-state index in [-0.39, 0.29) is 30.4 Å². The Bertz CT molecular complexity index is 1420. The van der Waals surface area contributed by atoms with Crippen molar-refractivity contribution in [3.05, 3.63) is 77.2 Å². The molecular weight excluding hydrogens is 520 g/mol. The van der Waals surface area contributed by atoms with Gasteiger partial charge in [0.2, 0.25) is 5.91 Å². The van der Waals surface area contributed by atoms with Gasteiger partial charge in [0.1, 0.15) is 5.82 Å². The lowest BCUT2D eigenvalue weighted by atomic mass is 10.0. The maximum atomic E-state index is 13.3. The molecule has 4 N–H and O–H groups in total. The highest BCUT2D eigenvalue weighted by Gasteiger charge is 2.33. The van der Waals surface area contributed by atoms with Gasteiger partial charge in [-0.15, -0.1) is 0 Å². The lowest BCUT2D eigenvalue weighted by Gasteiger charge is -2.37. The summed E-state index contributed by atoms with van der Waals surface area (Å²) in [7, 11) is 1.28. The number of allylic oxidation sites excluding steroid dienone is 1. The number of nitrogens with zero attached hydrogens (tertiary/aromatic N) is 2. The number of hydrogen-bond acceptors (Lipinski definition) is 5. The molecule has 0 radical (unpaired) electrons. The Labute approximate surface area is 230 Å². The van der Waals surface area contributed by atoms with Crippen LogP contribution in [0.5, 0.6) is 0 Å². The van der Waals surface area contributed by atoms with E-state index in [1.165, 1.54) is 7.11 Å². The van der Waals surface area contributed by atoms with Crippen molar-refractivity contribution in [2.75, 3.05) is 24.3 Å². The SMILES string of the molecule is COC(=O)Nc1ccc2c(c1)NC(=O)CC/C=C/C[C@H](N1CCC(c3cccc(Cl)c3)NC1=O)c1ncc-2[nH]1. The van der Waals surface area contributed by atoms with Gasteiger partial charge < -0.3 is 25.3 Å². The fourth-order valence-electron chi connectivity index (χ4n) is 4.87. The van der Waals surface area contributed by atoms with Crippen LogP contribution in [0.15, 0.2) is 60.8 Å². The molecule has 2 aliphatic heterocycles. The first-order valence-electron chi connectivity index (χ1n) is 12.7. The first-order chi connectivity index (χ1) is 18.9. The van der Waals surface area contributed by atoms with Crippen LogP contribution in [0.4, 0.5) is 21.0 Å². The Hall–Kier alpha value is -4.31. The minimum absolute atomic E-state index is 0.123. The third-order valence-electron chi connectivity index (χ3n) is 6.84. The zero-order chi connectivity index (χ0) is 27.4. The van der Waals surface area contributed by atoms with E-state index in [0.717, 1.165) is 12.0 Å². The molecule has 1 unspecified atom stereocenters. The summed E-state index contributed by atoms with van der Waals surface area (Å²) in [5.74, 6) is 0.480. The fraction of sp³-hybridized carbons (Fsp3) is 0.286. The number of urea groups is 1. The molecule has 1 saturated heterocycles. The van der Waals surface area contributed by atoms with Crippen molar-refractivity contribution in [2.24, 2.45) is 0 Å². The molecule has 2 bridgehead atoms. The van der Waals surface area contributed by atoms with Crippen LogP contribution in [0.2, 0.25) is 5.02 Å². The Kier molecular flexibility index (Phi) is 7.83. The molecule has 39 heavy (non-hydrogen) atoms. The Balaban J connectivity index is 1.43. The second-order valence-corrected chi connectivity index (χ2v) is 9.84. The highest BCUT2D eigenvalue weighted by atomic mass is 35.5. The van der Waals surface area contributed by atoms with Gasteiger partial charge in [-0.2, -0.15) is 0 Å². The van der Waals surface area contributed by atoms with Gasteiger partial charge >= 0.3 is 12.1 Å². The van der Waals surface area contributed by atoms with Crippen LogP contribution < -0.4 is 16.0 Å². The van der Waals surface area contributed by atoms with Crippen LogP contribution in [-0.2, 0) is 9.53 Å². The lowest BCUT2D eigenvalue weighted by Crippen LogP contribution is -2.49. The Morgan fingerprint density at radius 2 is 2.05 bits per heavy atom. The fourth-order valence-corrected chi connectivity index (χ4v) is 5.07. The van der Waals surface area contributed by atoms with Gasteiger partial charge in [-0.3, -0.25) is 10.1 Å². The summed E-state index contributed by atoms with van der Waals surface area (Å²) in [4.78, 5) is 47.5. The summed E-state index contributed by atoms with van der Waals surface area (Å²) in [5, 5.41) is 9.31. The van der Waals surface area contributed by atoms with Crippen LogP contribution in [0.1, 0.15) is 49.2 Å². The zero-order valence-corrected chi connectivity index (χ0v) is 22.1. The number of rotatable bonds is 3. The number of ether oxygens (including phenoxy) is 1. The van der Waals surface area contributed by atoms with Crippen LogP contribution in [-0.4, -0.2) is 46.6 Å². The van der Waals surface area contributed by atoms with Crippen LogP contribution in [0, 0.1) is 0 Å². The molecule has 202 valence electrons. The van der Waals surface area contributed by atoms with Crippen molar-refractivity contribution in [1.82, 2.24) is 20.2 Å². The molecule has 0 spiro atoms. The normalized spacial score (nSPS) is 20.3. The summed E-state index contributed by atoms with van der Waals surface area (Å²) >= 11 is 6.16. The molecule has 0 aliphatic carbocycles. The highest BCUT2D eigenvalue weighted by molar-refractivity contribution is 6.30. The molecule has 1 aromatic heterocycles. The van der Waals surface area contributed by atoms with E-state index in [4.69, 9.17) is 11.6 Å². The van der Waals surface area contributed by atoms with Crippen molar-refractivity contribution < 1.29 is 19.1 Å². The summed E-state index contributed by atoms with van der Waals surface area (Å²) in [5.41, 5.74) is 3.34. The second kappa shape index (κ2) is 11.6. The number of anilines is 2. The smallest absolute Gasteiger partial charge is 0.411 e. The van der Waals surface area contributed by atoms with Crippen molar-refractivity contribution in [3.8, 4) is 11.3 Å². The topological polar surface area (TPSA) is 128 Å². The predicted octanol–water partition coefficient (Wildman–Crippen LogP) is 5.78. The average Bonchev–Trinajstić information content (AvgIpc) is 3.40. The van der Waals surface area contributed by atoms with Crippen molar-refractivity contribution >= 4 is 41.0 Å². The molecule has 3 heterocycles. The van der Waals surface area contributed by atoms with Gasteiger partial charge in [-0.05, 0) is 55.2 Å². The molecule has 10 nitrogen and oxygen atoms in total. The summed E-state index contributed by atoms with van der Waals surface area (Å²) < 4.78 is 4.68. The van der Waals surface area contributed by atoms with E-state index in [2.05, 4.69) is 30.7 Å². The number of fused-ring (bicyclic) bond motifs is 4. The summed E-state index contributed by atoms with van der Waals surface area (Å²) in [6.45, 7) is 0.538. The van der Waals surface area contributed by atoms with E-state index >= 15 is 0 Å². The molecule has 5 rings (SSSR count). The second-order valence-electron chi connectivity index (χ2n) is 9.41. The summed E-state index contributed by atoms with van der Waals surface area (Å²) in [6, 6.07) is 12.1. The molecule has 4 amide bonds. The zero-order valence-electron chi connectivity index (χ0n) is 21.4. The number of nitrogens with one attached hydrogen (secondary N) is 4. The molecule has 2 aromatic carbocycles. The largest absolute Gasteiger partial charge is 0.453 e. The number of halogens is 1.